The Balaban J connectivity index is 2.11. The predicted octanol–water partition coefficient (Wildman–Crippen LogP) is 4.37. The highest BCUT2D eigenvalue weighted by Crippen LogP contribution is 2.29. The highest BCUT2D eigenvalue weighted by Gasteiger charge is 2.14. The maximum Gasteiger partial charge on any atom is 0.171 e. The van der Waals surface area contributed by atoms with E-state index in [9.17, 15) is 0 Å². The first-order chi connectivity index (χ1) is 11.4. The van der Waals surface area contributed by atoms with Crippen molar-refractivity contribution in [2.75, 3.05) is 19.5 Å². The number of hydrogen-bond donors (Lipinski definition) is 2. The summed E-state index contributed by atoms with van der Waals surface area (Å²) in [6.07, 6.45) is 0. The molecule has 0 radical (unpaired) electrons. The molecule has 2 N–H and O–H groups in total. The molecule has 2 rings (SSSR count). The summed E-state index contributed by atoms with van der Waals surface area (Å²) in [5.74, 6) is 1.58. The zero-order valence-corrected chi connectivity index (χ0v) is 15.6. The van der Waals surface area contributed by atoms with Gasteiger partial charge in [0.1, 0.15) is 11.5 Å². The molecule has 128 valence electrons. The minimum atomic E-state index is -0.0269. The number of anilines is 1. The fourth-order valence-corrected chi connectivity index (χ4v) is 2.96. The summed E-state index contributed by atoms with van der Waals surface area (Å²) >= 11 is 5.45. The molecule has 0 amide bonds. The number of nitrogens with one attached hydrogen (secondary N) is 2. The van der Waals surface area contributed by atoms with Crippen molar-refractivity contribution in [1.29, 1.82) is 0 Å². The second-order valence-corrected chi connectivity index (χ2v) is 6.21. The van der Waals surface area contributed by atoms with Crippen molar-refractivity contribution >= 4 is 23.0 Å². The van der Waals surface area contributed by atoms with E-state index in [0.29, 0.717) is 5.11 Å². The largest absolute Gasteiger partial charge is 0.497 e. The van der Waals surface area contributed by atoms with Crippen LogP contribution in [0.3, 0.4) is 0 Å². The lowest BCUT2D eigenvalue weighted by Crippen LogP contribution is -2.31. The minimum absolute atomic E-state index is 0.0269. The Hall–Kier alpha value is -2.27. The lowest BCUT2D eigenvalue weighted by atomic mass is 10.1. The van der Waals surface area contributed by atoms with Gasteiger partial charge in [-0.05, 0) is 74.4 Å². The highest BCUT2D eigenvalue weighted by molar-refractivity contribution is 7.80. The third-order valence-corrected chi connectivity index (χ3v) is 3.95. The van der Waals surface area contributed by atoms with Crippen molar-refractivity contribution in [3.63, 3.8) is 0 Å². The summed E-state index contributed by atoms with van der Waals surface area (Å²) in [5.41, 5.74) is 4.36. The van der Waals surface area contributed by atoms with Crippen molar-refractivity contribution in [2.45, 2.75) is 26.8 Å². The molecule has 24 heavy (non-hydrogen) atoms. The molecule has 2 aromatic rings. The summed E-state index contributed by atoms with van der Waals surface area (Å²) < 4.78 is 10.7. The summed E-state index contributed by atoms with van der Waals surface area (Å²) in [4.78, 5) is 0. The van der Waals surface area contributed by atoms with Gasteiger partial charge in [-0.2, -0.15) is 0 Å². The van der Waals surface area contributed by atoms with Crippen molar-refractivity contribution in [1.82, 2.24) is 5.32 Å². The number of methoxy groups -OCH3 is 2. The van der Waals surface area contributed by atoms with Crippen LogP contribution in [-0.2, 0) is 0 Å². The fourth-order valence-electron chi connectivity index (χ4n) is 2.67. The molecule has 0 saturated carbocycles. The van der Waals surface area contributed by atoms with Crippen LogP contribution < -0.4 is 20.1 Å². The Bertz CT molecular complexity index is 711. The Kier molecular flexibility index (Phi) is 6.04. The van der Waals surface area contributed by atoms with Crippen molar-refractivity contribution in [2.24, 2.45) is 0 Å². The van der Waals surface area contributed by atoms with E-state index in [0.717, 1.165) is 22.7 Å². The number of rotatable bonds is 5. The van der Waals surface area contributed by atoms with E-state index in [4.69, 9.17) is 21.7 Å². The Morgan fingerprint density at radius 3 is 2.25 bits per heavy atom. The topological polar surface area (TPSA) is 42.5 Å². The molecule has 0 aliphatic carbocycles. The predicted molar refractivity (Wildman–Crippen MR) is 103 cm³/mol. The van der Waals surface area contributed by atoms with Crippen LogP contribution in [0.25, 0.3) is 0 Å². The Morgan fingerprint density at radius 2 is 1.67 bits per heavy atom. The van der Waals surface area contributed by atoms with E-state index in [2.05, 4.69) is 42.7 Å². The van der Waals surface area contributed by atoms with Gasteiger partial charge < -0.3 is 20.1 Å². The third kappa shape index (κ3) is 4.61. The standard InChI is InChI=1S/C19H24N2O2S/c1-12-8-13(2)10-15(9-12)21-19(24)20-14(3)17-11-16(22-4)6-7-18(17)23-5/h6-11,14H,1-5H3,(H2,20,21,24)/t14-/m0/s1. The molecule has 0 heterocycles. The molecule has 0 fully saturated rings. The van der Waals surface area contributed by atoms with Crippen molar-refractivity contribution in [3.8, 4) is 11.5 Å². The van der Waals surface area contributed by atoms with Crippen LogP contribution in [0.1, 0.15) is 29.7 Å². The van der Waals surface area contributed by atoms with Crippen LogP contribution >= 0.6 is 12.2 Å². The first-order valence-electron chi connectivity index (χ1n) is 7.80. The molecule has 5 heteroatoms. The van der Waals surface area contributed by atoms with Gasteiger partial charge in [0.05, 0.1) is 20.3 Å². The van der Waals surface area contributed by atoms with E-state index in [1.807, 2.05) is 25.1 Å². The monoisotopic (exact) mass is 344 g/mol. The van der Waals surface area contributed by atoms with Gasteiger partial charge in [0.15, 0.2) is 5.11 Å². The van der Waals surface area contributed by atoms with E-state index in [1.165, 1.54) is 11.1 Å². The number of thiocarbonyl (C=S) groups is 1. The van der Waals surface area contributed by atoms with E-state index < -0.39 is 0 Å². The molecule has 0 saturated heterocycles. The quantitative estimate of drug-likeness (QED) is 0.789. The molecule has 0 aliphatic heterocycles. The smallest absolute Gasteiger partial charge is 0.171 e. The zero-order chi connectivity index (χ0) is 17.7. The number of aryl methyl sites for hydroxylation is 2. The molecule has 0 unspecified atom stereocenters. The van der Waals surface area contributed by atoms with Crippen LogP contribution in [0.15, 0.2) is 36.4 Å². The average molecular weight is 344 g/mol. The summed E-state index contributed by atoms with van der Waals surface area (Å²) in [6, 6.07) is 12.0. The Labute approximate surface area is 149 Å². The summed E-state index contributed by atoms with van der Waals surface area (Å²) in [6.45, 7) is 6.17. The van der Waals surface area contributed by atoms with Crippen LogP contribution in [0.5, 0.6) is 11.5 Å². The number of benzene rings is 2. The maximum absolute atomic E-state index is 5.45. The summed E-state index contributed by atoms with van der Waals surface area (Å²) in [7, 11) is 3.31. The molecule has 0 aromatic heterocycles. The van der Waals surface area contributed by atoms with Crippen molar-refractivity contribution in [3.05, 3.63) is 53.1 Å². The molecule has 1 atom stereocenters. The highest BCUT2D eigenvalue weighted by atomic mass is 32.1. The van der Waals surface area contributed by atoms with Gasteiger partial charge in [0.2, 0.25) is 0 Å². The van der Waals surface area contributed by atoms with Gasteiger partial charge in [-0.25, -0.2) is 0 Å². The zero-order valence-electron chi connectivity index (χ0n) is 14.8. The average Bonchev–Trinajstić information content (AvgIpc) is 2.52. The molecule has 2 aromatic carbocycles. The SMILES string of the molecule is COc1ccc(OC)c([C@H](C)NC(=S)Nc2cc(C)cc(C)c2)c1. The van der Waals surface area contributed by atoms with E-state index >= 15 is 0 Å². The maximum atomic E-state index is 5.45. The second-order valence-electron chi connectivity index (χ2n) is 5.80. The Morgan fingerprint density at radius 1 is 1.00 bits per heavy atom. The van der Waals surface area contributed by atoms with Gasteiger partial charge in [-0.15, -0.1) is 0 Å². The minimum Gasteiger partial charge on any atom is -0.497 e. The fraction of sp³-hybridized carbons (Fsp3) is 0.316. The summed E-state index contributed by atoms with van der Waals surface area (Å²) in [5, 5.41) is 7.10. The van der Waals surface area contributed by atoms with Gasteiger partial charge in [0.25, 0.3) is 0 Å². The molecular formula is C19H24N2O2S. The molecule has 0 aliphatic rings. The second kappa shape index (κ2) is 8.02. The van der Waals surface area contributed by atoms with E-state index in [-0.39, 0.29) is 6.04 Å². The van der Waals surface area contributed by atoms with E-state index in [1.54, 1.807) is 14.2 Å². The van der Waals surface area contributed by atoms with Gasteiger partial charge in [-0.1, -0.05) is 6.07 Å². The van der Waals surface area contributed by atoms with Crippen LogP contribution in [-0.4, -0.2) is 19.3 Å². The molecule has 0 spiro atoms. The lowest BCUT2D eigenvalue weighted by Gasteiger charge is -2.20. The molecular weight excluding hydrogens is 320 g/mol. The van der Waals surface area contributed by atoms with Crippen LogP contribution in [0, 0.1) is 13.8 Å². The molecule has 0 bridgehead atoms. The lowest BCUT2D eigenvalue weighted by molar-refractivity contribution is 0.395. The van der Waals surface area contributed by atoms with Crippen LogP contribution in [0.4, 0.5) is 5.69 Å². The van der Waals surface area contributed by atoms with Gasteiger partial charge >= 0.3 is 0 Å². The van der Waals surface area contributed by atoms with Gasteiger partial charge in [0, 0.05) is 11.3 Å². The van der Waals surface area contributed by atoms with Gasteiger partial charge in [-0.3, -0.25) is 0 Å². The normalized spacial score (nSPS) is 11.5. The molecule has 4 nitrogen and oxygen atoms in total. The third-order valence-electron chi connectivity index (χ3n) is 3.73. The number of ether oxygens (including phenoxy) is 2. The first kappa shape index (κ1) is 18.1. The van der Waals surface area contributed by atoms with Crippen LogP contribution in [0.2, 0.25) is 0 Å². The first-order valence-corrected chi connectivity index (χ1v) is 8.21. The number of hydrogen-bond acceptors (Lipinski definition) is 3. The van der Waals surface area contributed by atoms with Crippen molar-refractivity contribution < 1.29 is 9.47 Å².